The molecule has 0 aromatic carbocycles. The number of hydrogen-bond acceptors (Lipinski definition) is 5. The fourth-order valence-corrected chi connectivity index (χ4v) is 4.08. The van der Waals surface area contributed by atoms with Crippen LogP contribution in [0.2, 0.25) is 0 Å². The molecule has 1 aliphatic heterocycles. The van der Waals surface area contributed by atoms with E-state index in [2.05, 4.69) is 21.7 Å². The van der Waals surface area contributed by atoms with Crippen LogP contribution >= 0.6 is 23.1 Å². The summed E-state index contributed by atoms with van der Waals surface area (Å²) in [5.74, 6) is 1.55. The van der Waals surface area contributed by atoms with E-state index in [1.165, 1.54) is 11.8 Å². The molecule has 2 aromatic rings. The Morgan fingerprint density at radius 1 is 1.38 bits per heavy atom. The third-order valence-electron chi connectivity index (χ3n) is 3.56. The maximum atomic E-state index is 12.1. The predicted octanol–water partition coefficient (Wildman–Crippen LogP) is 2.74. The van der Waals surface area contributed by atoms with Crippen LogP contribution in [0.4, 0.5) is 0 Å². The highest BCUT2D eigenvalue weighted by Gasteiger charge is 2.20. The Morgan fingerprint density at radius 2 is 2.19 bits per heavy atom. The van der Waals surface area contributed by atoms with Gasteiger partial charge in [-0.3, -0.25) is 4.79 Å². The molecule has 0 radical (unpaired) electrons. The van der Waals surface area contributed by atoms with Crippen molar-refractivity contribution in [2.24, 2.45) is 0 Å². The lowest BCUT2D eigenvalue weighted by Crippen LogP contribution is -2.29. The molecule has 5 nitrogen and oxygen atoms in total. The van der Waals surface area contributed by atoms with Gasteiger partial charge in [0.2, 0.25) is 5.91 Å². The zero-order valence-electron chi connectivity index (χ0n) is 12.0. The summed E-state index contributed by atoms with van der Waals surface area (Å²) in [5.41, 5.74) is 0. The first-order valence-electron chi connectivity index (χ1n) is 7.17. The number of hydrogen-bond donors (Lipinski definition) is 0. The number of aromatic nitrogens is 3. The molecule has 7 heteroatoms. The SMILES string of the molecule is CCn1c(SCC(=O)N2CCCC2)nnc1-c1cccs1. The fourth-order valence-electron chi connectivity index (χ4n) is 2.45. The molecule has 2 aromatic heterocycles. The van der Waals surface area contributed by atoms with Gasteiger partial charge in [-0.15, -0.1) is 21.5 Å². The highest BCUT2D eigenvalue weighted by atomic mass is 32.2. The largest absolute Gasteiger partial charge is 0.342 e. The van der Waals surface area contributed by atoms with Crippen molar-refractivity contribution < 1.29 is 4.79 Å². The van der Waals surface area contributed by atoms with Gasteiger partial charge in [-0.25, -0.2) is 0 Å². The van der Waals surface area contributed by atoms with E-state index in [4.69, 9.17) is 0 Å². The van der Waals surface area contributed by atoms with Gasteiger partial charge in [-0.05, 0) is 31.2 Å². The van der Waals surface area contributed by atoms with Crippen molar-refractivity contribution in [1.29, 1.82) is 0 Å². The van der Waals surface area contributed by atoms with Crippen LogP contribution in [0.25, 0.3) is 10.7 Å². The van der Waals surface area contributed by atoms with E-state index in [1.807, 2.05) is 22.4 Å². The molecule has 3 heterocycles. The van der Waals surface area contributed by atoms with Crippen LogP contribution in [0.1, 0.15) is 19.8 Å². The van der Waals surface area contributed by atoms with Gasteiger partial charge in [0.15, 0.2) is 11.0 Å². The molecule has 1 aliphatic rings. The summed E-state index contributed by atoms with van der Waals surface area (Å²) in [7, 11) is 0. The number of thioether (sulfide) groups is 1. The normalized spacial score (nSPS) is 14.8. The van der Waals surface area contributed by atoms with Crippen LogP contribution < -0.4 is 0 Å². The van der Waals surface area contributed by atoms with Gasteiger partial charge in [0.25, 0.3) is 0 Å². The highest BCUT2D eigenvalue weighted by Crippen LogP contribution is 2.27. The average molecular weight is 322 g/mol. The predicted molar refractivity (Wildman–Crippen MR) is 85.5 cm³/mol. The second-order valence-corrected chi connectivity index (χ2v) is 6.79. The molecule has 0 atom stereocenters. The fraction of sp³-hybridized carbons (Fsp3) is 0.500. The minimum absolute atomic E-state index is 0.209. The van der Waals surface area contributed by atoms with Crippen molar-refractivity contribution in [3.05, 3.63) is 17.5 Å². The van der Waals surface area contributed by atoms with E-state index in [-0.39, 0.29) is 5.91 Å². The molecule has 0 N–H and O–H groups in total. The van der Waals surface area contributed by atoms with Crippen LogP contribution in [-0.2, 0) is 11.3 Å². The Balaban J connectivity index is 1.69. The molecule has 3 rings (SSSR count). The second-order valence-electron chi connectivity index (χ2n) is 4.90. The molecule has 1 amide bonds. The van der Waals surface area contributed by atoms with Gasteiger partial charge in [-0.1, -0.05) is 17.8 Å². The van der Waals surface area contributed by atoms with Crippen molar-refractivity contribution >= 4 is 29.0 Å². The smallest absolute Gasteiger partial charge is 0.233 e. The van der Waals surface area contributed by atoms with E-state index in [0.717, 1.165) is 48.3 Å². The molecule has 0 bridgehead atoms. The van der Waals surface area contributed by atoms with Crippen LogP contribution in [-0.4, -0.2) is 44.4 Å². The summed E-state index contributed by atoms with van der Waals surface area (Å²) in [6, 6.07) is 4.06. The standard InChI is InChI=1S/C14H18N4OS2/c1-2-18-13(11-6-5-9-20-11)15-16-14(18)21-10-12(19)17-7-3-4-8-17/h5-6,9H,2-4,7-8,10H2,1H3. The van der Waals surface area contributed by atoms with Gasteiger partial charge in [0.1, 0.15) is 0 Å². The summed E-state index contributed by atoms with van der Waals surface area (Å²) in [4.78, 5) is 15.2. The quantitative estimate of drug-likeness (QED) is 0.794. The van der Waals surface area contributed by atoms with Gasteiger partial charge in [0, 0.05) is 19.6 Å². The first-order chi connectivity index (χ1) is 10.3. The Bertz CT molecular complexity index is 603. The molecule has 0 aliphatic carbocycles. The molecular formula is C14H18N4OS2. The Kier molecular flexibility index (Phi) is 4.60. The summed E-state index contributed by atoms with van der Waals surface area (Å²) < 4.78 is 2.08. The number of rotatable bonds is 5. The van der Waals surface area contributed by atoms with Crippen LogP contribution in [0.5, 0.6) is 0 Å². The lowest BCUT2D eigenvalue weighted by molar-refractivity contribution is -0.127. The molecule has 1 fully saturated rings. The summed E-state index contributed by atoms with van der Waals surface area (Å²) in [6.45, 7) is 4.69. The summed E-state index contributed by atoms with van der Waals surface area (Å²) >= 11 is 3.14. The van der Waals surface area contributed by atoms with Crippen molar-refractivity contribution in [3.8, 4) is 10.7 Å². The minimum atomic E-state index is 0.209. The van der Waals surface area contributed by atoms with Crippen LogP contribution in [0, 0.1) is 0 Å². The zero-order chi connectivity index (χ0) is 14.7. The van der Waals surface area contributed by atoms with Gasteiger partial charge in [0.05, 0.1) is 10.6 Å². The Morgan fingerprint density at radius 3 is 2.86 bits per heavy atom. The van der Waals surface area contributed by atoms with Gasteiger partial charge >= 0.3 is 0 Å². The maximum Gasteiger partial charge on any atom is 0.233 e. The molecule has 1 saturated heterocycles. The lowest BCUT2D eigenvalue weighted by atomic mass is 10.4. The van der Waals surface area contributed by atoms with E-state index in [0.29, 0.717) is 5.75 Å². The van der Waals surface area contributed by atoms with E-state index >= 15 is 0 Å². The Hall–Kier alpha value is -1.34. The van der Waals surface area contributed by atoms with Crippen LogP contribution in [0.3, 0.4) is 0 Å². The number of amides is 1. The summed E-state index contributed by atoms with van der Waals surface area (Å²) in [5, 5.41) is 11.4. The van der Waals surface area contributed by atoms with Crippen molar-refractivity contribution in [3.63, 3.8) is 0 Å². The Labute approximate surface area is 132 Å². The number of carbonyl (C=O) groups excluding carboxylic acids is 1. The first kappa shape index (κ1) is 14.6. The number of carbonyl (C=O) groups is 1. The number of thiophene rings is 1. The molecule has 112 valence electrons. The first-order valence-corrected chi connectivity index (χ1v) is 9.03. The van der Waals surface area contributed by atoms with Crippen molar-refractivity contribution in [2.45, 2.75) is 31.5 Å². The monoisotopic (exact) mass is 322 g/mol. The third-order valence-corrected chi connectivity index (χ3v) is 5.38. The molecule has 0 spiro atoms. The average Bonchev–Trinajstić information content (AvgIpc) is 3.24. The van der Waals surface area contributed by atoms with Crippen LogP contribution in [0.15, 0.2) is 22.7 Å². The zero-order valence-corrected chi connectivity index (χ0v) is 13.6. The molecular weight excluding hydrogens is 304 g/mol. The third kappa shape index (κ3) is 3.13. The second kappa shape index (κ2) is 6.62. The van der Waals surface area contributed by atoms with Gasteiger partial charge < -0.3 is 9.47 Å². The van der Waals surface area contributed by atoms with E-state index < -0.39 is 0 Å². The lowest BCUT2D eigenvalue weighted by Gasteiger charge is -2.14. The van der Waals surface area contributed by atoms with Crippen molar-refractivity contribution in [1.82, 2.24) is 19.7 Å². The highest BCUT2D eigenvalue weighted by molar-refractivity contribution is 7.99. The maximum absolute atomic E-state index is 12.1. The minimum Gasteiger partial charge on any atom is -0.342 e. The molecule has 0 saturated carbocycles. The van der Waals surface area contributed by atoms with E-state index in [9.17, 15) is 4.79 Å². The number of likely N-dealkylation sites (tertiary alicyclic amines) is 1. The summed E-state index contributed by atoms with van der Waals surface area (Å²) in [6.07, 6.45) is 2.26. The molecule has 0 unspecified atom stereocenters. The van der Waals surface area contributed by atoms with E-state index in [1.54, 1.807) is 11.3 Å². The molecule has 21 heavy (non-hydrogen) atoms. The number of nitrogens with zero attached hydrogens (tertiary/aromatic N) is 4. The van der Waals surface area contributed by atoms with Crippen molar-refractivity contribution in [2.75, 3.05) is 18.8 Å². The van der Waals surface area contributed by atoms with Gasteiger partial charge in [-0.2, -0.15) is 0 Å². The topological polar surface area (TPSA) is 51.0 Å².